The number of halogens is 2. The summed E-state index contributed by atoms with van der Waals surface area (Å²) >= 11 is 5.79. The van der Waals surface area contributed by atoms with E-state index in [0.717, 1.165) is 23.7 Å². The molecular weight excluding hydrogens is 319 g/mol. The van der Waals surface area contributed by atoms with Gasteiger partial charge in [-0.1, -0.05) is 6.08 Å². The largest absolute Gasteiger partial charge is 0.377 e. The van der Waals surface area contributed by atoms with Crippen molar-refractivity contribution < 1.29 is 9.13 Å². The monoisotopic (exact) mass is 330 g/mol. The van der Waals surface area contributed by atoms with Gasteiger partial charge in [-0.05, 0) is 35.7 Å². The predicted octanol–water partition coefficient (Wildman–Crippen LogP) is 3.39. The molecule has 0 aromatic carbocycles. The molecule has 0 unspecified atom stereocenters. The van der Waals surface area contributed by atoms with Crippen molar-refractivity contribution in [3.63, 3.8) is 0 Å². The Balaban J connectivity index is 1.87. The van der Waals surface area contributed by atoms with Gasteiger partial charge in [0.1, 0.15) is 5.69 Å². The van der Waals surface area contributed by atoms with Crippen molar-refractivity contribution >= 4 is 22.7 Å². The van der Waals surface area contributed by atoms with Crippen molar-refractivity contribution in [1.82, 2.24) is 19.6 Å². The lowest BCUT2D eigenvalue weighted by atomic mass is 10.0. The number of aromatic nitrogens is 4. The lowest BCUT2D eigenvalue weighted by Gasteiger charge is -2.12. The molecule has 0 amide bonds. The lowest BCUT2D eigenvalue weighted by molar-refractivity contribution is 0.161. The first-order valence-electron chi connectivity index (χ1n) is 7.15. The minimum atomic E-state index is -0.509. The van der Waals surface area contributed by atoms with E-state index in [-0.39, 0.29) is 11.0 Å². The van der Waals surface area contributed by atoms with E-state index < -0.39 is 5.82 Å². The van der Waals surface area contributed by atoms with Gasteiger partial charge >= 0.3 is 0 Å². The Kier molecular flexibility index (Phi) is 3.55. The van der Waals surface area contributed by atoms with E-state index in [2.05, 4.69) is 21.1 Å². The van der Waals surface area contributed by atoms with Crippen molar-refractivity contribution in [2.75, 3.05) is 13.2 Å². The summed E-state index contributed by atoms with van der Waals surface area (Å²) in [5, 5.41) is 4.37. The third-order valence-electron chi connectivity index (χ3n) is 3.82. The van der Waals surface area contributed by atoms with Gasteiger partial charge in [-0.25, -0.2) is 18.9 Å². The Labute approximate surface area is 136 Å². The van der Waals surface area contributed by atoms with Crippen LogP contribution in [0.15, 0.2) is 36.8 Å². The lowest BCUT2D eigenvalue weighted by Crippen LogP contribution is -2.03. The highest BCUT2D eigenvalue weighted by Gasteiger charge is 2.15. The highest BCUT2D eigenvalue weighted by atomic mass is 35.5. The van der Waals surface area contributed by atoms with Crippen LogP contribution in [0.1, 0.15) is 12.0 Å². The van der Waals surface area contributed by atoms with Crippen molar-refractivity contribution in [3.05, 3.63) is 53.5 Å². The van der Waals surface area contributed by atoms with E-state index in [4.69, 9.17) is 16.3 Å². The Morgan fingerprint density at radius 1 is 1.30 bits per heavy atom. The maximum absolute atomic E-state index is 14.0. The fourth-order valence-corrected chi connectivity index (χ4v) is 2.83. The standard InChI is InChI=1S/C16H12ClFN4O/c17-16-19-9-13(18)15(21-16)11-1-4-22-14(7-11)12(8-20-22)10-2-5-23-6-3-10/h1-2,4,7-9H,3,5-6H2. The van der Waals surface area contributed by atoms with Gasteiger partial charge in [-0.2, -0.15) is 5.10 Å². The molecule has 5 nitrogen and oxygen atoms in total. The molecule has 0 N–H and O–H groups in total. The Hall–Kier alpha value is -2.31. The molecule has 23 heavy (non-hydrogen) atoms. The summed E-state index contributed by atoms with van der Waals surface area (Å²) in [7, 11) is 0. The molecule has 0 saturated carbocycles. The van der Waals surface area contributed by atoms with Crippen molar-refractivity contribution in [2.24, 2.45) is 0 Å². The second kappa shape index (κ2) is 5.72. The number of rotatable bonds is 2. The summed E-state index contributed by atoms with van der Waals surface area (Å²) in [6.07, 6.45) is 7.56. The molecule has 1 aliphatic heterocycles. The van der Waals surface area contributed by atoms with Gasteiger partial charge in [0.15, 0.2) is 5.82 Å². The second-order valence-electron chi connectivity index (χ2n) is 5.19. The zero-order valence-electron chi connectivity index (χ0n) is 12.0. The van der Waals surface area contributed by atoms with E-state index >= 15 is 0 Å². The summed E-state index contributed by atoms with van der Waals surface area (Å²) in [4.78, 5) is 7.64. The van der Waals surface area contributed by atoms with Crippen molar-refractivity contribution in [3.8, 4) is 11.3 Å². The van der Waals surface area contributed by atoms with Crippen LogP contribution in [-0.4, -0.2) is 32.8 Å². The third-order valence-corrected chi connectivity index (χ3v) is 4.00. The summed E-state index contributed by atoms with van der Waals surface area (Å²) in [6, 6.07) is 3.62. The zero-order valence-corrected chi connectivity index (χ0v) is 12.8. The molecule has 116 valence electrons. The number of nitrogens with zero attached hydrogens (tertiary/aromatic N) is 4. The van der Waals surface area contributed by atoms with Gasteiger partial charge < -0.3 is 4.74 Å². The van der Waals surface area contributed by atoms with Crippen LogP contribution >= 0.6 is 11.6 Å². The number of pyridine rings is 1. The quantitative estimate of drug-likeness (QED) is 0.676. The van der Waals surface area contributed by atoms with E-state index in [1.54, 1.807) is 16.8 Å². The first kappa shape index (κ1) is 14.3. The van der Waals surface area contributed by atoms with Crippen molar-refractivity contribution in [2.45, 2.75) is 6.42 Å². The average molecular weight is 331 g/mol. The molecule has 0 radical (unpaired) electrons. The number of ether oxygens (including phenoxy) is 1. The summed E-state index contributed by atoms with van der Waals surface area (Å²) in [5.74, 6) is -0.509. The minimum Gasteiger partial charge on any atom is -0.377 e. The molecule has 0 atom stereocenters. The molecule has 0 fully saturated rings. The van der Waals surface area contributed by atoms with Gasteiger partial charge in [0.2, 0.25) is 5.28 Å². The normalized spacial score (nSPS) is 15.0. The topological polar surface area (TPSA) is 52.3 Å². The molecule has 0 aliphatic carbocycles. The molecule has 0 spiro atoms. The first-order chi connectivity index (χ1) is 11.2. The maximum atomic E-state index is 14.0. The summed E-state index contributed by atoms with van der Waals surface area (Å²) < 4.78 is 21.1. The Morgan fingerprint density at radius 2 is 2.22 bits per heavy atom. The smallest absolute Gasteiger partial charge is 0.223 e. The zero-order chi connectivity index (χ0) is 15.8. The van der Waals surface area contributed by atoms with Gasteiger partial charge in [0, 0.05) is 17.3 Å². The number of hydrogen-bond donors (Lipinski definition) is 0. The number of hydrogen-bond acceptors (Lipinski definition) is 4. The Bertz CT molecular complexity index is 922. The molecule has 7 heteroatoms. The summed E-state index contributed by atoms with van der Waals surface area (Å²) in [6.45, 7) is 1.29. The first-order valence-corrected chi connectivity index (χ1v) is 7.53. The fraction of sp³-hybridized carbons (Fsp3) is 0.188. The van der Waals surface area contributed by atoms with Crippen LogP contribution in [0.4, 0.5) is 4.39 Å². The van der Waals surface area contributed by atoms with Crippen LogP contribution in [0, 0.1) is 5.82 Å². The molecule has 3 aromatic rings. The van der Waals surface area contributed by atoms with E-state index in [9.17, 15) is 4.39 Å². The molecule has 1 aliphatic rings. The molecule has 0 bridgehead atoms. The van der Waals surface area contributed by atoms with Gasteiger partial charge in [-0.3, -0.25) is 0 Å². The van der Waals surface area contributed by atoms with Gasteiger partial charge in [-0.15, -0.1) is 0 Å². The predicted molar refractivity (Wildman–Crippen MR) is 84.6 cm³/mol. The third kappa shape index (κ3) is 2.60. The molecule has 4 rings (SSSR count). The Morgan fingerprint density at radius 3 is 3.04 bits per heavy atom. The highest BCUT2D eigenvalue weighted by molar-refractivity contribution is 6.28. The van der Waals surface area contributed by atoms with Crippen molar-refractivity contribution in [1.29, 1.82) is 0 Å². The summed E-state index contributed by atoms with van der Waals surface area (Å²) in [5.41, 5.74) is 3.92. The fourth-order valence-electron chi connectivity index (χ4n) is 2.70. The van der Waals surface area contributed by atoms with Crippen LogP contribution in [0.25, 0.3) is 22.3 Å². The van der Waals surface area contributed by atoms with Gasteiger partial charge in [0.05, 0.1) is 31.1 Å². The molecule has 0 saturated heterocycles. The van der Waals surface area contributed by atoms with E-state index in [1.807, 2.05) is 12.3 Å². The second-order valence-corrected chi connectivity index (χ2v) is 5.53. The molecule has 4 heterocycles. The van der Waals surface area contributed by atoms with E-state index in [1.165, 1.54) is 5.57 Å². The van der Waals surface area contributed by atoms with Crippen LogP contribution in [-0.2, 0) is 4.74 Å². The molecule has 3 aromatic heterocycles. The number of fused-ring (bicyclic) bond motifs is 1. The molecular formula is C16H12ClFN4O. The highest BCUT2D eigenvalue weighted by Crippen LogP contribution is 2.29. The van der Waals surface area contributed by atoms with Crippen LogP contribution in [0.2, 0.25) is 5.28 Å². The minimum absolute atomic E-state index is 0.0159. The maximum Gasteiger partial charge on any atom is 0.223 e. The SMILES string of the molecule is Fc1cnc(Cl)nc1-c1ccn2ncc(C3=CCOCC3)c2c1. The van der Waals surface area contributed by atoms with Gasteiger partial charge in [0.25, 0.3) is 0 Å². The van der Waals surface area contributed by atoms with Crippen LogP contribution in [0.5, 0.6) is 0 Å². The average Bonchev–Trinajstić information content (AvgIpc) is 3.01. The van der Waals surface area contributed by atoms with E-state index in [0.29, 0.717) is 18.8 Å². The van der Waals surface area contributed by atoms with Crippen LogP contribution in [0.3, 0.4) is 0 Å². The van der Waals surface area contributed by atoms with Crippen LogP contribution < -0.4 is 0 Å².